The highest BCUT2D eigenvalue weighted by Gasteiger charge is 2.30. The summed E-state index contributed by atoms with van der Waals surface area (Å²) in [4.78, 5) is 18.3. The molecule has 4 nitrogen and oxygen atoms in total. The van der Waals surface area contributed by atoms with Gasteiger partial charge in [-0.3, -0.25) is 4.79 Å². The van der Waals surface area contributed by atoms with Crippen LogP contribution in [0.15, 0.2) is 67.1 Å². The van der Waals surface area contributed by atoms with Crippen molar-refractivity contribution >= 4 is 27.5 Å². The van der Waals surface area contributed by atoms with Crippen molar-refractivity contribution in [2.75, 3.05) is 0 Å². The van der Waals surface area contributed by atoms with E-state index < -0.39 is 11.7 Å². The molecule has 1 amide bonds. The molecule has 0 spiro atoms. The van der Waals surface area contributed by atoms with Crippen LogP contribution in [0.2, 0.25) is 0 Å². The molecular formula is C20H14F3N3OS. The molecule has 1 N–H and O–H groups in total. The Morgan fingerprint density at radius 3 is 2.64 bits per heavy atom. The van der Waals surface area contributed by atoms with Crippen LogP contribution in [0.4, 0.5) is 13.2 Å². The topological polar surface area (TPSA) is 46.9 Å². The van der Waals surface area contributed by atoms with E-state index in [-0.39, 0.29) is 12.5 Å². The number of nitrogens with zero attached hydrogens (tertiary/aromatic N) is 2. The van der Waals surface area contributed by atoms with E-state index in [1.807, 2.05) is 35.2 Å². The summed E-state index contributed by atoms with van der Waals surface area (Å²) in [6.45, 7) is -0.00442. The highest BCUT2D eigenvalue weighted by Crippen LogP contribution is 2.33. The SMILES string of the molecule is O=C(NCc1cccc(C(F)(F)F)c1)c1sc2ncccc2c1-n1cccc1. The van der Waals surface area contributed by atoms with Crippen molar-refractivity contribution in [1.82, 2.24) is 14.9 Å². The predicted molar refractivity (Wildman–Crippen MR) is 102 cm³/mol. The van der Waals surface area contributed by atoms with Gasteiger partial charge >= 0.3 is 6.18 Å². The minimum atomic E-state index is -4.42. The lowest BCUT2D eigenvalue weighted by Gasteiger charge is -2.10. The number of benzene rings is 1. The summed E-state index contributed by atoms with van der Waals surface area (Å²) in [5.74, 6) is -0.357. The number of carbonyl (C=O) groups excluding carboxylic acids is 1. The van der Waals surface area contributed by atoms with Crippen LogP contribution in [0.1, 0.15) is 20.8 Å². The number of amides is 1. The molecule has 1 aromatic carbocycles. The van der Waals surface area contributed by atoms with E-state index in [0.29, 0.717) is 16.1 Å². The third-order valence-corrected chi connectivity index (χ3v) is 5.32. The van der Waals surface area contributed by atoms with E-state index >= 15 is 0 Å². The minimum Gasteiger partial charge on any atom is -0.347 e. The van der Waals surface area contributed by atoms with Crippen LogP contribution >= 0.6 is 11.3 Å². The number of pyridine rings is 1. The number of halogens is 3. The molecule has 0 fully saturated rings. The van der Waals surface area contributed by atoms with Gasteiger partial charge < -0.3 is 9.88 Å². The Hall–Kier alpha value is -3.13. The van der Waals surface area contributed by atoms with Crippen molar-refractivity contribution in [3.63, 3.8) is 0 Å². The summed E-state index contributed by atoms with van der Waals surface area (Å²) < 4.78 is 40.4. The lowest BCUT2D eigenvalue weighted by Crippen LogP contribution is -2.23. The van der Waals surface area contributed by atoms with Crippen molar-refractivity contribution in [1.29, 1.82) is 0 Å². The Balaban J connectivity index is 1.63. The second-order valence-corrected chi connectivity index (χ2v) is 7.11. The number of hydrogen-bond donors (Lipinski definition) is 1. The molecule has 142 valence electrons. The van der Waals surface area contributed by atoms with Gasteiger partial charge in [-0.15, -0.1) is 11.3 Å². The van der Waals surface area contributed by atoms with E-state index in [1.54, 1.807) is 18.3 Å². The molecule has 0 unspecified atom stereocenters. The van der Waals surface area contributed by atoms with E-state index in [4.69, 9.17) is 0 Å². The van der Waals surface area contributed by atoms with Crippen LogP contribution in [0.3, 0.4) is 0 Å². The average molecular weight is 401 g/mol. The third kappa shape index (κ3) is 3.50. The van der Waals surface area contributed by atoms with Gasteiger partial charge in [0.15, 0.2) is 0 Å². The van der Waals surface area contributed by atoms with Crippen LogP contribution in [-0.4, -0.2) is 15.5 Å². The van der Waals surface area contributed by atoms with Crippen molar-refractivity contribution < 1.29 is 18.0 Å². The standard InChI is InChI=1S/C20H14F3N3OS/c21-20(22,23)14-6-3-5-13(11-14)12-25-18(27)17-16(26-9-1-2-10-26)15-7-4-8-24-19(15)28-17/h1-11H,12H2,(H,25,27). The molecular weight excluding hydrogens is 387 g/mol. The van der Waals surface area contributed by atoms with Gasteiger partial charge in [0, 0.05) is 30.5 Å². The maximum atomic E-state index is 12.9. The van der Waals surface area contributed by atoms with Crippen LogP contribution in [-0.2, 0) is 12.7 Å². The Morgan fingerprint density at radius 2 is 1.89 bits per heavy atom. The number of hydrogen-bond acceptors (Lipinski definition) is 3. The van der Waals surface area contributed by atoms with Gasteiger partial charge in [0.1, 0.15) is 9.71 Å². The lowest BCUT2D eigenvalue weighted by atomic mass is 10.1. The summed E-state index contributed by atoms with van der Waals surface area (Å²) in [6, 6.07) is 12.3. The fourth-order valence-electron chi connectivity index (χ4n) is 2.93. The minimum absolute atomic E-state index is 0.00442. The fourth-order valence-corrected chi connectivity index (χ4v) is 3.99. The Bertz CT molecular complexity index is 1130. The zero-order chi connectivity index (χ0) is 19.7. The lowest BCUT2D eigenvalue weighted by molar-refractivity contribution is -0.137. The largest absolute Gasteiger partial charge is 0.416 e. The smallest absolute Gasteiger partial charge is 0.347 e. The fraction of sp³-hybridized carbons (Fsp3) is 0.100. The molecule has 4 aromatic rings. The quantitative estimate of drug-likeness (QED) is 0.521. The molecule has 28 heavy (non-hydrogen) atoms. The highest BCUT2D eigenvalue weighted by molar-refractivity contribution is 7.21. The second kappa shape index (κ2) is 7.12. The van der Waals surface area contributed by atoms with Gasteiger partial charge in [-0.05, 0) is 42.0 Å². The summed E-state index contributed by atoms with van der Waals surface area (Å²) in [5.41, 5.74) is 0.350. The monoisotopic (exact) mass is 401 g/mol. The first-order valence-corrected chi connectivity index (χ1v) is 9.20. The molecule has 0 aliphatic carbocycles. The van der Waals surface area contributed by atoms with Crippen molar-refractivity contribution in [3.05, 3.63) is 83.1 Å². The van der Waals surface area contributed by atoms with Gasteiger partial charge in [0.25, 0.3) is 5.91 Å². The number of rotatable bonds is 4. The summed E-state index contributed by atoms with van der Waals surface area (Å²) in [5, 5.41) is 3.56. The van der Waals surface area contributed by atoms with Crippen LogP contribution in [0.5, 0.6) is 0 Å². The van der Waals surface area contributed by atoms with Gasteiger partial charge in [-0.25, -0.2) is 4.98 Å². The summed E-state index contributed by atoms with van der Waals surface area (Å²) >= 11 is 1.25. The highest BCUT2D eigenvalue weighted by atomic mass is 32.1. The molecule has 8 heteroatoms. The molecule has 4 rings (SSSR count). The molecule has 0 aliphatic heterocycles. The molecule has 3 heterocycles. The van der Waals surface area contributed by atoms with Crippen LogP contribution in [0.25, 0.3) is 15.9 Å². The van der Waals surface area contributed by atoms with E-state index in [1.165, 1.54) is 17.4 Å². The maximum Gasteiger partial charge on any atom is 0.416 e. The number of thiophene rings is 1. The number of aromatic nitrogens is 2. The molecule has 0 aliphatic rings. The van der Waals surface area contributed by atoms with E-state index in [2.05, 4.69) is 10.3 Å². The Labute approximate surface area is 162 Å². The summed E-state index contributed by atoms with van der Waals surface area (Å²) in [6.07, 6.45) is 0.900. The number of nitrogens with one attached hydrogen (secondary N) is 1. The molecule has 3 aromatic heterocycles. The Kier molecular flexibility index (Phi) is 4.64. The van der Waals surface area contributed by atoms with Gasteiger partial charge in [-0.1, -0.05) is 12.1 Å². The molecule has 0 radical (unpaired) electrons. The predicted octanol–water partition coefficient (Wildman–Crippen LogP) is 5.04. The van der Waals surface area contributed by atoms with Crippen molar-refractivity contribution in [2.45, 2.75) is 12.7 Å². The van der Waals surface area contributed by atoms with Crippen LogP contribution < -0.4 is 5.32 Å². The number of carbonyl (C=O) groups is 1. The maximum absolute atomic E-state index is 12.9. The zero-order valence-electron chi connectivity index (χ0n) is 14.4. The summed E-state index contributed by atoms with van der Waals surface area (Å²) in [7, 11) is 0. The van der Waals surface area contributed by atoms with Crippen molar-refractivity contribution in [3.8, 4) is 5.69 Å². The molecule has 0 bridgehead atoms. The Morgan fingerprint density at radius 1 is 1.11 bits per heavy atom. The van der Waals surface area contributed by atoms with Crippen LogP contribution in [0, 0.1) is 0 Å². The first-order chi connectivity index (χ1) is 13.4. The first-order valence-electron chi connectivity index (χ1n) is 8.38. The third-order valence-electron chi connectivity index (χ3n) is 4.22. The average Bonchev–Trinajstić information content (AvgIpc) is 3.32. The normalized spacial score (nSPS) is 11.7. The molecule has 0 atom stereocenters. The van der Waals surface area contributed by atoms with Crippen molar-refractivity contribution in [2.24, 2.45) is 0 Å². The number of fused-ring (bicyclic) bond motifs is 1. The second-order valence-electron chi connectivity index (χ2n) is 6.11. The van der Waals surface area contributed by atoms with E-state index in [0.717, 1.165) is 22.3 Å². The molecule has 0 saturated carbocycles. The zero-order valence-corrected chi connectivity index (χ0v) is 15.2. The van der Waals surface area contributed by atoms with Gasteiger partial charge in [0.2, 0.25) is 0 Å². The van der Waals surface area contributed by atoms with Gasteiger partial charge in [-0.2, -0.15) is 13.2 Å². The molecule has 0 saturated heterocycles. The van der Waals surface area contributed by atoms with Gasteiger partial charge in [0.05, 0.1) is 11.3 Å². The van der Waals surface area contributed by atoms with E-state index in [9.17, 15) is 18.0 Å². The first kappa shape index (κ1) is 18.2. The number of alkyl halides is 3.